The van der Waals surface area contributed by atoms with Gasteiger partial charge in [-0.25, -0.2) is 0 Å². The summed E-state index contributed by atoms with van der Waals surface area (Å²) in [6.45, 7) is 4.49. The Kier molecular flexibility index (Phi) is 1.90. The van der Waals surface area contributed by atoms with E-state index in [2.05, 4.69) is 11.8 Å². The Hall–Kier alpha value is -0.0800. The summed E-state index contributed by atoms with van der Waals surface area (Å²) in [4.78, 5) is 2.46. The van der Waals surface area contributed by atoms with Gasteiger partial charge in [-0.05, 0) is 25.3 Å². The molecule has 0 aromatic rings. The van der Waals surface area contributed by atoms with Crippen LogP contribution in [0.5, 0.6) is 0 Å². The molecule has 2 heteroatoms. The van der Waals surface area contributed by atoms with Gasteiger partial charge < -0.3 is 5.11 Å². The van der Waals surface area contributed by atoms with Crippen molar-refractivity contribution in [3.8, 4) is 0 Å². The van der Waals surface area contributed by atoms with E-state index in [1.165, 1.54) is 25.8 Å². The Bertz CT molecular complexity index is 148. The Balaban J connectivity index is 2.05. The summed E-state index contributed by atoms with van der Waals surface area (Å²) in [5.41, 5.74) is 0. The molecule has 0 saturated carbocycles. The molecule has 2 aliphatic rings. The van der Waals surface area contributed by atoms with E-state index in [1.807, 2.05) is 0 Å². The van der Waals surface area contributed by atoms with Crippen LogP contribution in [0, 0.1) is 5.92 Å². The zero-order chi connectivity index (χ0) is 7.84. The lowest BCUT2D eigenvalue weighted by molar-refractivity contribution is 0.0791. The van der Waals surface area contributed by atoms with Gasteiger partial charge in [0.2, 0.25) is 0 Å². The second-order valence-electron chi connectivity index (χ2n) is 4.03. The number of piperidine rings is 1. The number of fused-ring (bicyclic) bond motifs is 1. The lowest BCUT2D eigenvalue weighted by Crippen LogP contribution is -2.38. The summed E-state index contributed by atoms with van der Waals surface area (Å²) in [5, 5.41) is 9.75. The predicted molar refractivity (Wildman–Crippen MR) is 44.4 cm³/mol. The largest absolute Gasteiger partial charge is 0.391 e. The average Bonchev–Trinajstić information content (AvgIpc) is 2.30. The van der Waals surface area contributed by atoms with E-state index in [1.54, 1.807) is 0 Å². The van der Waals surface area contributed by atoms with Crippen LogP contribution in [-0.4, -0.2) is 35.2 Å². The van der Waals surface area contributed by atoms with E-state index in [4.69, 9.17) is 0 Å². The molecule has 0 aliphatic carbocycles. The van der Waals surface area contributed by atoms with Gasteiger partial charge in [0.15, 0.2) is 0 Å². The first-order valence-corrected chi connectivity index (χ1v) is 4.71. The highest BCUT2D eigenvalue weighted by Gasteiger charge is 2.38. The first-order valence-electron chi connectivity index (χ1n) is 4.71. The van der Waals surface area contributed by atoms with Crippen molar-refractivity contribution in [1.82, 2.24) is 4.90 Å². The van der Waals surface area contributed by atoms with Gasteiger partial charge >= 0.3 is 0 Å². The fourth-order valence-corrected chi connectivity index (χ4v) is 2.49. The van der Waals surface area contributed by atoms with Gasteiger partial charge in [-0.3, -0.25) is 4.90 Å². The lowest BCUT2D eigenvalue weighted by atomic mass is 9.98. The van der Waals surface area contributed by atoms with Crippen molar-refractivity contribution in [2.75, 3.05) is 13.1 Å². The molecule has 2 nitrogen and oxygen atoms in total. The third kappa shape index (κ3) is 1.18. The number of aliphatic hydroxyl groups is 1. The van der Waals surface area contributed by atoms with Crippen molar-refractivity contribution in [2.45, 2.75) is 38.3 Å². The maximum absolute atomic E-state index is 9.75. The number of nitrogens with zero attached hydrogens (tertiary/aromatic N) is 1. The van der Waals surface area contributed by atoms with Crippen LogP contribution in [0.25, 0.3) is 0 Å². The van der Waals surface area contributed by atoms with Crippen LogP contribution in [0.2, 0.25) is 0 Å². The Morgan fingerprint density at radius 2 is 2.18 bits per heavy atom. The van der Waals surface area contributed by atoms with Crippen molar-refractivity contribution in [1.29, 1.82) is 0 Å². The molecule has 1 N–H and O–H groups in total. The molecule has 0 spiro atoms. The van der Waals surface area contributed by atoms with Crippen molar-refractivity contribution < 1.29 is 5.11 Å². The zero-order valence-corrected chi connectivity index (χ0v) is 7.16. The summed E-state index contributed by atoms with van der Waals surface area (Å²) in [5.74, 6) is 0.498. The molecule has 2 aliphatic heterocycles. The van der Waals surface area contributed by atoms with Gasteiger partial charge in [-0.2, -0.15) is 0 Å². The van der Waals surface area contributed by atoms with Crippen molar-refractivity contribution in [2.24, 2.45) is 5.92 Å². The maximum atomic E-state index is 9.75. The molecular formula is C9H17NO. The number of rotatable bonds is 0. The van der Waals surface area contributed by atoms with E-state index >= 15 is 0 Å². The third-order valence-electron chi connectivity index (χ3n) is 3.16. The number of hydrogen-bond acceptors (Lipinski definition) is 2. The molecule has 0 amide bonds. The van der Waals surface area contributed by atoms with E-state index in [0.717, 1.165) is 6.54 Å². The highest BCUT2D eigenvalue weighted by molar-refractivity contribution is 4.93. The highest BCUT2D eigenvalue weighted by atomic mass is 16.3. The molecule has 3 atom stereocenters. The number of hydrogen-bond donors (Lipinski definition) is 1. The smallest absolute Gasteiger partial charge is 0.0733 e. The van der Waals surface area contributed by atoms with E-state index in [-0.39, 0.29) is 6.10 Å². The Labute approximate surface area is 68.2 Å². The second-order valence-corrected chi connectivity index (χ2v) is 4.03. The Morgan fingerprint density at radius 1 is 1.36 bits per heavy atom. The van der Waals surface area contributed by atoms with Crippen LogP contribution in [-0.2, 0) is 0 Å². The van der Waals surface area contributed by atoms with E-state index < -0.39 is 0 Å². The fraction of sp³-hybridized carbons (Fsp3) is 1.00. The van der Waals surface area contributed by atoms with Crippen LogP contribution in [0.1, 0.15) is 26.2 Å². The molecule has 0 aromatic heterocycles. The first kappa shape index (κ1) is 7.56. The summed E-state index contributed by atoms with van der Waals surface area (Å²) in [7, 11) is 0. The molecule has 2 rings (SSSR count). The van der Waals surface area contributed by atoms with Gasteiger partial charge in [-0.15, -0.1) is 0 Å². The average molecular weight is 155 g/mol. The standard InChI is InChI=1S/C9H17NO/c1-7-6-10-5-3-2-4-8(10)9(7)11/h7-9,11H,2-6H2,1H3. The fourth-order valence-electron chi connectivity index (χ4n) is 2.49. The van der Waals surface area contributed by atoms with Gasteiger partial charge in [0.25, 0.3) is 0 Å². The molecule has 0 radical (unpaired) electrons. The third-order valence-corrected chi connectivity index (χ3v) is 3.16. The SMILES string of the molecule is CC1CN2CCCCC2C1O. The summed E-state index contributed by atoms with van der Waals surface area (Å²) in [6.07, 6.45) is 3.81. The molecule has 3 unspecified atom stereocenters. The molecule has 2 fully saturated rings. The summed E-state index contributed by atoms with van der Waals surface area (Å²) >= 11 is 0. The molecule has 11 heavy (non-hydrogen) atoms. The minimum Gasteiger partial charge on any atom is -0.391 e. The molecular weight excluding hydrogens is 138 g/mol. The van der Waals surface area contributed by atoms with Crippen LogP contribution < -0.4 is 0 Å². The summed E-state index contributed by atoms with van der Waals surface area (Å²) < 4.78 is 0. The monoisotopic (exact) mass is 155 g/mol. The van der Waals surface area contributed by atoms with Crippen molar-refractivity contribution >= 4 is 0 Å². The van der Waals surface area contributed by atoms with Gasteiger partial charge in [0.1, 0.15) is 0 Å². The first-order chi connectivity index (χ1) is 5.29. The minimum absolute atomic E-state index is 0.0460. The predicted octanol–water partition coefficient (Wildman–Crippen LogP) is 0.851. The van der Waals surface area contributed by atoms with Gasteiger partial charge in [0.05, 0.1) is 6.10 Å². The van der Waals surface area contributed by atoms with Gasteiger partial charge in [0, 0.05) is 12.6 Å². The van der Waals surface area contributed by atoms with E-state index in [0.29, 0.717) is 12.0 Å². The maximum Gasteiger partial charge on any atom is 0.0733 e. The quantitative estimate of drug-likeness (QED) is 0.560. The second kappa shape index (κ2) is 2.76. The highest BCUT2D eigenvalue weighted by Crippen LogP contribution is 2.30. The lowest BCUT2D eigenvalue weighted by Gasteiger charge is -2.30. The van der Waals surface area contributed by atoms with Crippen molar-refractivity contribution in [3.63, 3.8) is 0 Å². The normalized spacial score (nSPS) is 45.8. The molecule has 2 saturated heterocycles. The van der Waals surface area contributed by atoms with Crippen LogP contribution in [0.4, 0.5) is 0 Å². The molecule has 0 aromatic carbocycles. The van der Waals surface area contributed by atoms with Crippen molar-refractivity contribution in [3.05, 3.63) is 0 Å². The Morgan fingerprint density at radius 3 is 2.91 bits per heavy atom. The molecule has 64 valence electrons. The van der Waals surface area contributed by atoms with Gasteiger partial charge in [-0.1, -0.05) is 13.3 Å². The van der Waals surface area contributed by atoms with E-state index in [9.17, 15) is 5.11 Å². The molecule has 0 bridgehead atoms. The summed E-state index contributed by atoms with van der Waals surface area (Å²) in [6, 6.07) is 0.499. The number of aliphatic hydroxyl groups excluding tert-OH is 1. The topological polar surface area (TPSA) is 23.5 Å². The van der Waals surface area contributed by atoms with Crippen LogP contribution >= 0.6 is 0 Å². The minimum atomic E-state index is -0.0460. The zero-order valence-electron chi connectivity index (χ0n) is 7.16. The molecule has 2 heterocycles. The van der Waals surface area contributed by atoms with Crippen LogP contribution in [0.3, 0.4) is 0 Å². The van der Waals surface area contributed by atoms with Crippen LogP contribution in [0.15, 0.2) is 0 Å².